The van der Waals surface area contributed by atoms with Gasteiger partial charge in [0.2, 0.25) is 0 Å². The minimum atomic E-state index is -0.385. The number of hydrogen-bond acceptors (Lipinski definition) is 7. The van der Waals surface area contributed by atoms with Crippen molar-refractivity contribution in [2.24, 2.45) is 0 Å². The number of nitrogens with one attached hydrogen (secondary N) is 1. The first-order valence-corrected chi connectivity index (χ1v) is 13.2. The van der Waals surface area contributed by atoms with Crippen LogP contribution in [0.25, 0.3) is 6.08 Å². The summed E-state index contributed by atoms with van der Waals surface area (Å²) in [5.41, 5.74) is 3.23. The molecule has 39 heavy (non-hydrogen) atoms. The molecule has 3 aromatic rings. The highest BCUT2D eigenvalue weighted by molar-refractivity contribution is 8.18. The van der Waals surface area contributed by atoms with Crippen molar-refractivity contribution in [3.8, 4) is 17.2 Å². The molecular weight excluding hydrogens is 540 g/mol. The van der Waals surface area contributed by atoms with Crippen LogP contribution in [0.1, 0.15) is 16.7 Å². The molecule has 1 saturated heterocycles. The van der Waals surface area contributed by atoms with Gasteiger partial charge in [-0.15, -0.1) is 0 Å². The van der Waals surface area contributed by atoms with Crippen LogP contribution in [0, 0.1) is 13.8 Å². The van der Waals surface area contributed by atoms with E-state index in [-0.39, 0.29) is 36.8 Å². The predicted octanol–water partition coefficient (Wildman–Crippen LogP) is 6.10. The van der Waals surface area contributed by atoms with Crippen LogP contribution in [0.15, 0.2) is 65.6 Å². The monoisotopic (exact) mass is 566 g/mol. The van der Waals surface area contributed by atoms with Gasteiger partial charge in [0.05, 0.1) is 18.6 Å². The summed E-state index contributed by atoms with van der Waals surface area (Å²) >= 11 is 6.97. The van der Waals surface area contributed by atoms with Crippen LogP contribution < -0.4 is 19.5 Å². The molecule has 0 saturated carbocycles. The Labute approximate surface area is 235 Å². The predicted molar refractivity (Wildman–Crippen MR) is 153 cm³/mol. The number of thioether (sulfide) groups is 1. The molecule has 0 unspecified atom stereocenters. The third-order valence-corrected chi connectivity index (χ3v) is 7.09. The molecule has 1 N–H and O–H groups in total. The lowest BCUT2D eigenvalue weighted by atomic mass is 10.2. The molecule has 1 heterocycles. The Balaban J connectivity index is 1.35. The molecule has 0 atom stereocenters. The topological polar surface area (TPSA) is 94.2 Å². The Morgan fingerprint density at radius 3 is 2.49 bits per heavy atom. The lowest BCUT2D eigenvalue weighted by Crippen LogP contribution is -2.32. The maximum Gasteiger partial charge on any atom is 0.293 e. The summed E-state index contributed by atoms with van der Waals surface area (Å²) in [6, 6.07) is 17.8. The zero-order chi connectivity index (χ0) is 27.9. The van der Waals surface area contributed by atoms with Crippen molar-refractivity contribution in [1.82, 2.24) is 4.90 Å². The third-order valence-electron chi connectivity index (χ3n) is 5.78. The van der Waals surface area contributed by atoms with E-state index >= 15 is 0 Å². The van der Waals surface area contributed by atoms with E-state index in [1.165, 1.54) is 12.0 Å². The third kappa shape index (κ3) is 7.34. The number of imide groups is 1. The zero-order valence-electron chi connectivity index (χ0n) is 21.7. The normalized spacial score (nSPS) is 14.1. The summed E-state index contributed by atoms with van der Waals surface area (Å²) < 4.78 is 16.7. The number of carbonyl (C=O) groups is 3. The van der Waals surface area contributed by atoms with Crippen molar-refractivity contribution in [1.29, 1.82) is 0 Å². The van der Waals surface area contributed by atoms with Gasteiger partial charge in [-0.25, -0.2) is 0 Å². The number of halogens is 1. The van der Waals surface area contributed by atoms with Crippen molar-refractivity contribution >= 4 is 52.2 Å². The molecule has 1 aliphatic rings. The van der Waals surface area contributed by atoms with Crippen LogP contribution in [0.3, 0.4) is 0 Å². The molecule has 3 amide bonds. The minimum Gasteiger partial charge on any atom is -0.493 e. The van der Waals surface area contributed by atoms with Gasteiger partial charge < -0.3 is 19.5 Å². The van der Waals surface area contributed by atoms with Crippen LogP contribution in [0.4, 0.5) is 10.5 Å². The van der Waals surface area contributed by atoms with Crippen molar-refractivity contribution in [2.45, 2.75) is 13.8 Å². The van der Waals surface area contributed by atoms with Crippen LogP contribution in [0.5, 0.6) is 17.2 Å². The number of anilines is 1. The van der Waals surface area contributed by atoms with Gasteiger partial charge in [0.1, 0.15) is 12.4 Å². The molecule has 1 fully saturated rings. The van der Waals surface area contributed by atoms with Crippen molar-refractivity contribution in [2.75, 3.05) is 32.2 Å². The lowest BCUT2D eigenvalue weighted by molar-refractivity contribution is -0.123. The van der Waals surface area contributed by atoms with Crippen LogP contribution in [0.2, 0.25) is 5.02 Å². The number of nitrogens with zero attached hydrogens (tertiary/aromatic N) is 1. The van der Waals surface area contributed by atoms with E-state index in [9.17, 15) is 14.4 Å². The van der Waals surface area contributed by atoms with Gasteiger partial charge in [0.15, 0.2) is 18.1 Å². The van der Waals surface area contributed by atoms with E-state index in [0.717, 1.165) is 22.9 Å². The van der Waals surface area contributed by atoms with Gasteiger partial charge in [-0.3, -0.25) is 19.3 Å². The Bertz CT molecular complexity index is 1420. The number of amides is 3. The van der Waals surface area contributed by atoms with Gasteiger partial charge >= 0.3 is 0 Å². The molecule has 0 aromatic heterocycles. The standard InChI is InChI=1S/C29H27ClN2O6S/c1-18-4-9-22(10-5-18)37-13-12-32-28(34)26(39-29(32)35)15-20-7-11-24(25(14-20)36-3)38-17-27(33)31-21-8-6-19(2)23(30)16-21/h4-11,14-16H,12-13,17H2,1-3H3,(H,31,33)/b26-15-. The van der Waals surface area contributed by atoms with Crippen LogP contribution in [-0.4, -0.2) is 48.8 Å². The number of carbonyl (C=O) groups excluding carboxylic acids is 3. The number of benzene rings is 3. The van der Waals surface area contributed by atoms with Gasteiger partial charge in [0, 0.05) is 10.7 Å². The summed E-state index contributed by atoms with van der Waals surface area (Å²) in [7, 11) is 1.47. The quantitative estimate of drug-likeness (QED) is 0.296. The lowest BCUT2D eigenvalue weighted by Gasteiger charge is -2.13. The van der Waals surface area contributed by atoms with Gasteiger partial charge in [-0.05, 0) is 79.2 Å². The van der Waals surface area contributed by atoms with Gasteiger partial charge in [-0.1, -0.05) is 41.4 Å². The summed E-state index contributed by atoms with van der Waals surface area (Å²) in [4.78, 5) is 39.1. The fourth-order valence-electron chi connectivity index (χ4n) is 3.64. The fourth-order valence-corrected chi connectivity index (χ4v) is 4.68. The Morgan fingerprint density at radius 2 is 1.77 bits per heavy atom. The molecule has 10 heteroatoms. The maximum absolute atomic E-state index is 12.8. The summed E-state index contributed by atoms with van der Waals surface area (Å²) in [5, 5.41) is 2.93. The minimum absolute atomic E-state index is 0.142. The summed E-state index contributed by atoms with van der Waals surface area (Å²) in [5.74, 6) is 0.661. The molecular formula is C29H27ClN2O6S. The second-order valence-electron chi connectivity index (χ2n) is 8.71. The first-order valence-electron chi connectivity index (χ1n) is 12.0. The van der Waals surface area contributed by atoms with E-state index in [0.29, 0.717) is 38.4 Å². The molecule has 0 spiro atoms. The highest BCUT2D eigenvalue weighted by Crippen LogP contribution is 2.34. The Morgan fingerprint density at radius 1 is 1.00 bits per heavy atom. The van der Waals surface area contributed by atoms with Crippen molar-refractivity contribution < 1.29 is 28.6 Å². The maximum atomic E-state index is 12.8. The number of rotatable bonds is 10. The molecule has 1 aliphatic heterocycles. The molecule has 3 aromatic carbocycles. The summed E-state index contributed by atoms with van der Waals surface area (Å²) in [6.45, 7) is 3.95. The van der Waals surface area contributed by atoms with E-state index < -0.39 is 0 Å². The van der Waals surface area contributed by atoms with E-state index in [2.05, 4.69) is 5.32 Å². The highest BCUT2D eigenvalue weighted by atomic mass is 35.5. The van der Waals surface area contributed by atoms with Gasteiger partial charge in [-0.2, -0.15) is 0 Å². The van der Waals surface area contributed by atoms with Crippen molar-refractivity contribution in [3.05, 3.63) is 87.3 Å². The van der Waals surface area contributed by atoms with Gasteiger partial charge in [0.25, 0.3) is 17.1 Å². The SMILES string of the molecule is COc1cc(/C=C2\SC(=O)N(CCOc3ccc(C)cc3)C2=O)ccc1OCC(=O)Nc1ccc(C)c(Cl)c1. The molecule has 0 aliphatic carbocycles. The largest absolute Gasteiger partial charge is 0.493 e. The van der Waals surface area contributed by atoms with Crippen molar-refractivity contribution in [3.63, 3.8) is 0 Å². The second kappa shape index (κ2) is 12.7. The molecule has 0 radical (unpaired) electrons. The first kappa shape index (κ1) is 28.1. The average Bonchev–Trinajstić information content (AvgIpc) is 3.18. The Hall–Kier alpha value is -3.95. The van der Waals surface area contributed by atoms with E-state index in [1.54, 1.807) is 36.4 Å². The molecule has 8 nitrogen and oxygen atoms in total. The summed E-state index contributed by atoms with van der Waals surface area (Å²) in [6.07, 6.45) is 1.62. The molecule has 202 valence electrons. The van der Waals surface area contributed by atoms with E-state index in [4.69, 9.17) is 25.8 Å². The first-order chi connectivity index (χ1) is 18.7. The van der Waals surface area contributed by atoms with Crippen LogP contribution >= 0.6 is 23.4 Å². The number of hydrogen-bond donors (Lipinski definition) is 1. The average molecular weight is 567 g/mol. The number of ether oxygens (including phenoxy) is 3. The fraction of sp³-hybridized carbons (Fsp3) is 0.207. The molecule has 4 rings (SSSR count). The second-order valence-corrected chi connectivity index (χ2v) is 10.1. The zero-order valence-corrected chi connectivity index (χ0v) is 23.2. The number of aryl methyl sites for hydroxylation is 2. The number of methoxy groups -OCH3 is 1. The van der Waals surface area contributed by atoms with E-state index in [1.807, 2.05) is 44.2 Å². The Kier molecular flexibility index (Phi) is 9.16. The smallest absolute Gasteiger partial charge is 0.293 e. The highest BCUT2D eigenvalue weighted by Gasteiger charge is 2.34. The van der Waals surface area contributed by atoms with Crippen LogP contribution in [-0.2, 0) is 9.59 Å². The molecule has 0 bridgehead atoms.